The van der Waals surface area contributed by atoms with Crippen LogP contribution in [-0.2, 0) is 6.54 Å². The van der Waals surface area contributed by atoms with Crippen LogP contribution in [0, 0.1) is 6.92 Å². The second-order valence-electron chi connectivity index (χ2n) is 5.57. The van der Waals surface area contributed by atoms with E-state index in [0.29, 0.717) is 0 Å². The molecule has 0 atom stereocenters. The van der Waals surface area contributed by atoms with Gasteiger partial charge in [-0.15, -0.1) is 0 Å². The third kappa shape index (κ3) is 1.67. The van der Waals surface area contributed by atoms with Gasteiger partial charge in [0.2, 0.25) is 11.0 Å². The van der Waals surface area contributed by atoms with Crippen LogP contribution in [0.25, 0.3) is 32.6 Å². The molecule has 1 heteroatoms. The van der Waals surface area contributed by atoms with E-state index in [-0.39, 0.29) is 0 Å². The first-order valence-electron chi connectivity index (χ1n) is 7.54. The van der Waals surface area contributed by atoms with Crippen LogP contribution in [0.1, 0.15) is 12.5 Å². The maximum absolute atomic E-state index is 2.42. The summed E-state index contributed by atoms with van der Waals surface area (Å²) in [6.07, 6.45) is 0. The van der Waals surface area contributed by atoms with Gasteiger partial charge in [0, 0.05) is 17.5 Å². The van der Waals surface area contributed by atoms with Gasteiger partial charge in [0.1, 0.15) is 6.54 Å². The Morgan fingerprint density at radius 1 is 0.762 bits per heavy atom. The second kappa shape index (κ2) is 4.56. The second-order valence-corrected chi connectivity index (χ2v) is 5.57. The van der Waals surface area contributed by atoms with Crippen molar-refractivity contribution in [3.63, 3.8) is 0 Å². The predicted octanol–water partition coefficient (Wildman–Crippen LogP) is 4.76. The Morgan fingerprint density at radius 2 is 1.48 bits per heavy atom. The monoisotopic (exact) mass is 272 g/mol. The van der Waals surface area contributed by atoms with E-state index in [1.165, 1.54) is 38.1 Å². The van der Waals surface area contributed by atoms with E-state index in [4.69, 9.17) is 0 Å². The molecule has 0 aliphatic rings. The number of pyridine rings is 1. The molecule has 0 aliphatic heterocycles. The molecule has 0 fully saturated rings. The highest BCUT2D eigenvalue weighted by Gasteiger charge is 2.18. The van der Waals surface area contributed by atoms with Crippen LogP contribution in [0.2, 0.25) is 0 Å². The first-order valence-corrected chi connectivity index (χ1v) is 7.54. The third-order valence-electron chi connectivity index (χ3n) is 4.49. The molecule has 102 valence electrons. The maximum Gasteiger partial charge on any atom is 0.213 e. The Morgan fingerprint density at radius 3 is 2.29 bits per heavy atom. The summed E-state index contributed by atoms with van der Waals surface area (Å²) >= 11 is 0. The highest BCUT2D eigenvalue weighted by molar-refractivity contribution is 6.10. The van der Waals surface area contributed by atoms with Crippen molar-refractivity contribution in [3.8, 4) is 0 Å². The number of fused-ring (bicyclic) bond motifs is 4. The van der Waals surface area contributed by atoms with Gasteiger partial charge in [-0.25, -0.2) is 0 Å². The van der Waals surface area contributed by atoms with Crippen molar-refractivity contribution >= 4 is 32.6 Å². The molecule has 0 N–H and O–H groups in total. The van der Waals surface area contributed by atoms with Crippen molar-refractivity contribution in [3.05, 3.63) is 66.2 Å². The molecule has 0 radical (unpaired) electrons. The Labute approximate surface area is 124 Å². The van der Waals surface area contributed by atoms with E-state index in [9.17, 15) is 0 Å². The average molecular weight is 272 g/mol. The summed E-state index contributed by atoms with van der Waals surface area (Å²) in [6, 6.07) is 21.9. The van der Waals surface area contributed by atoms with Crippen LogP contribution in [0.4, 0.5) is 0 Å². The summed E-state index contributed by atoms with van der Waals surface area (Å²) in [7, 11) is 0. The maximum atomic E-state index is 2.42. The molecule has 0 saturated carbocycles. The summed E-state index contributed by atoms with van der Waals surface area (Å²) in [5.41, 5.74) is 4.02. The minimum absolute atomic E-state index is 0.982. The van der Waals surface area contributed by atoms with Gasteiger partial charge >= 0.3 is 0 Å². The zero-order chi connectivity index (χ0) is 14.4. The molecule has 1 aromatic heterocycles. The fourth-order valence-corrected chi connectivity index (χ4v) is 3.51. The first-order chi connectivity index (χ1) is 10.3. The highest BCUT2D eigenvalue weighted by Crippen LogP contribution is 2.30. The minimum atomic E-state index is 0.982. The number of benzene rings is 3. The zero-order valence-electron chi connectivity index (χ0n) is 12.4. The van der Waals surface area contributed by atoms with E-state index >= 15 is 0 Å². The lowest BCUT2D eigenvalue weighted by atomic mass is 9.98. The summed E-state index contributed by atoms with van der Waals surface area (Å²) in [5.74, 6) is 0. The Bertz CT molecular complexity index is 983. The molecule has 3 aromatic carbocycles. The van der Waals surface area contributed by atoms with E-state index in [1.54, 1.807) is 0 Å². The number of para-hydroxylation sites is 1. The number of nitrogens with zero attached hydrogens (tertiary/aromatic N) is 1. The summed E-state index contributed by atoms with van der Waals surface area (Å²) in [6.45, 7) is 5.45. The third-order valence-corrected chi connectivity index (χ3v) is 4.49. The molecule has 1 heterocycles. The lowest BCUT2D eigenvalue weighted by Crippen LogP contribution is -2.34. The molecule has 0 bridgehead atoms. The molecular weight excluding hydrogens is 254 g/mol. The van der Waals surface area contributed by atoms with Crippen molar-refractivity contribution in [2.45, 2.75) is 20.4 Å². The van der Waals surface area contributed by atoms with Crippen molar-refractivity contribution in [1.82, 2.24) is 0 Å². The number of hydrogen-bond acceptors (Lipinski definition) is 0. The largest absolute Gasteiger partial charge is 0.213 e. The van der Waals surface area contributed by atoms with Crippen molar-refractivity contribution in [1.29, 1.82) is 0 Å². The first kappa shape index (κ1) is 12.3. The van der Waals surface area contributed by atoms with Crippen LogP contribution in [0.5, 0.6) is 0 Å². The summed E-state index contributed by atoms with van der Waals surface area (Å²) < 4.78 is 2.42. The minimum Gasteiger partial charge on any atom is -0.192 e. The number of aromatic nitrogens is 1. The fraction of sp³-hybridized carbons (Fsp3) is 0.150. The summed E-state index contributed by atoms with van der Waals surface area (Å²) in [4.78, 5) is 0. The molecular formula is C20H18N+. The van der Waals surface area contributed by atoms with Crippen LogP contribution in [0.15, 0.2) is 60.7 Å². The normalized spacial score (nSPS) is 11.5. The molecule has 21 heavy (non-hydrogen) atoms. The highest BCUT2D eigenvalue weighted by atomic mass is 15.0. The van der Waals surface area contributed by atoms with E-state index in [0.717, 1.165) is 6.54 Å². The van der Waals surface area contributed by atoms with E-state index in [1.807, 2.05) is 0 Å². The molecule has 0 amide bonds. The SMILES string of the molecule is CC[n+]1c2ccccc2c(C)c2c3ccccc3ccc21. The van der Waals surface area contributed by atoms with Crippen molar-refractivity contribution < 1.29 is 4.57 Å². The lowest BCUT2D eigenvalue weighted by molar-refractivity contribution is -0.641. The van der Waals surface area contributed by atoms with Gasteiger partial charge in [-0.1, -0.05) is 36.4 Å². The van der Waals surface area contributed by atoms with Crippen LogP contribution in [0.3, 0.4) is 0 Å². The van der Waals surface area contributed by atoms with Gasteiger partial charge < -0.3 is 0 Å². The fourth-order valence-electron chi connectivity index (χ4n) is 3.51. The Kier molecular flexibility index (Phi) is 2.68. The lowest BCUT2D eigenvalue weighted by Gasteiger charge is -2.10. The van der Waals surface area contributed by atoms with Crippen LogP contribution < -0.4 is 4.57 Å². The Hall–Kier alpha value is -2.41. The van der Waals surface area contributed by atoms with Crippen LogP contribution in [-0.4, -0.2) is 0 Å². The molecule has 4 rings (SSSR count). The van der Waals surface area contributed by atoms with Gasteiger partial charge in [0.15, 0.2) is 0 Å². The van der Waals surface area contributed by atoms with Gasteiger partial charge in [-0.3, -0.25) is 0 Å². The van der Waals surface area contributed by atoms with Gasteiger partial charge in [0.05, 0.1) is 5.39 Å². The number of aryl methyl sites for hydroxylation is 2. The quantitative estimate of drug-likeness (QED) is 0.267. The van der Waals surface area contributed by atoms with Crippen molar-refractivity contribution in [2.24, 2.45) is 0 Å². The van der Waals surface area contributed by atoms with Gasteiger partial charge in [-0.05, 0) is 42.3 Å². The van der Waals surface area contributed by atoms with Gasteiger partial charge in [-0.2, -0.15) is 4.57 Å². The van der Waals surface area contributed by atoms with Crippen LogP contribution >= 0.6 is 0 Å². The predicted molar refractivity (Wildman–Crippen MR) is 89.6 cm³/mol. The van der Waals surface area contributed by atoms with Crippen molar-refractivity contribution in [2.75, 3.05) is 0 Å². The molecule has 4 aromatic rings. The van der Waals surface area contributed by atoms with E-state index in [2.05, 4.69) is 79.1 Å². The number of hydrogen-bond donors (Lipinski definition) is 0. The summed E-state index contributed by atoms with van der Waals surface area (Å²) in [5, 5.41) is 5.39. The number of rotatable bonds is 1. The van der Waals surface area contributed by atoms with E-state index < -0.39 is 0 Å². The molecule has 0 aliphatic carbocycles. The smallest absolute Gasteiger partial charge is 0.192 e. The topological polar surface area (TPSA) is 3.88 Å². The Balaban J connectivity index is 2.37. The molecule has 1 nitrogen and oxygen atoms in total. The molecule has 0 saturated heterocycles. The average Bonchev–Trinajstić information content (AvgIpc) is 2.55. The van der Waals surface area contributed by atoms with Gasteiger partial charge in [0.25, 0.3) is 0 Å². The molecule has 0 spiro atoms. The standard InChI is InChI=1S/C20H18N/c1-3-21-18-11-7-6-9-16(18)14(2)20-17-10-5-4-8-15(17)12-13-19(20)21/h4-13H,3H2,1-2H3/q+1. The zero-order valence-corrected chi connectivity index (χ0v) is 12.4. The molecule has 0 unspecified atom stereocenters.